The molecule has 1 aliphatic carbocycles. The molecule has 1 aliphatic heterocycles. The van der Waals surface area contributed by atoms with Crippen LogP contribution in [0.1, 0.15) is 26.2 Å². The minimum Gasteiger partial charge on any atom is -0.387 e. The quantitative estimate of drug-likeness (QED) is 0.864. The van der Waals surface area contributed by atoms with Gasteiger partial charge in [-0.2, -0.15) is 4.98 Å². The van der Waals surface area contributed by atoms with Gasteiger partial charge in [-0.15, -0.1) is 0 Å². The van der Waals surface area contributed by atoms with E-state index in [4.69, 9.17) is 0 Å². The molecule has 5 heteroatoms. The van der Waals surface area contributed by atoms with Gasteiger partial charge in [0.05, 0.1) is 12.1 Å². The van der Waals surface area contributed by atoms with Crippen LogP contribution in [0, 0.1) is 11.8 Å². The molecule has 0 spiro atoms. The molecule has 2 heterocycles. The van der Waals surface area contributed by atoms with Crippen molar-refractivity contribution in [2.24, 2.45) is 11.8 Å². The summed E-state index contributed by atoms with van der Waals surface area (Å²) in [5.41, 5.74) is -0.558. The number of nitrogens with zero attached hydrogens (tertiary/aromatic N) is 3. The first-order chi connectivity index (χ1) is 9.13. The summed E-state index contributed by atoms with van der Waals surface area (Å²) in [4.78, 5) is 10.9. The highest BCUT2D eigenvalue weighted by Gasteiger charge is 2.50. The molecule has 19 heavy (non-hydrogen) atoms. The first-order valence-corrected chi connectivity index (χ1v) is 7.11. The molecule has 0 radical (unpaired) electrons. The van der Waals surface area contributed by atoms with Gasteiger partial charge in [0.1, 0.15) is 5.82 Å². The molecule has 2 aliphatic rings. The lowest BCUT2D eigenvalue weighted by atomic mass is 9.69. The van der Waals surface area contributed by atoms with Crippen LogP contribution in [0.25, 0.3) is 0 Å². The molecule has 104 valence electrons. The first kappa shape index (κ1) is 12.7. The van der Waals surface area contributed by atoms with Gasteiger partial charge in [-0.3, -0.25) is 0 Å². The third-order valence-corrected chi connectivity index (χ3v) is 4.79. The second-order valence-corrected chi connectivity index (χ2v) is 5.89. The van der Waals surface area contributed by atoms with E-state index in [1.54, 1.807) is 6.20 Å². The minimum atomic E-state index is -0.558. The topological polar surface area (TPSA) is 61.3 Å². The van der Waals surface area contributed by atoms with E-state index >= 15 is 0 Å². The van der Waals surface area contributed by atoms with Crippen LogP contribution < -0.4 is 10.2 Å². The Labute approximate surface area is 114 Å². The van der Waals surface area contributed by atoms with Crippen LogP contribution >= 0.6 is 0 Å². The lowest BCUT2D eigenvalue weighted by Crippen LogP contribution is -2.47. The van der Waals surface area contributed by atoms with Crippen molar-refractivity contribution in [1.82, 2.24) is 9.97 Å². The van der Waals surface area contributed by atoms with Gasteiger partial charge < -0.3 is 15.3 Å². The Bertz CT molecular complexity index is 463. The van der Waals surface area contributed by atoms with Crippen molar-refractivity contribution in [3.05, 3.63) is 12.3 Å². The standard InChI is InChI=1S/C14H22N4O/c1-10-8-18(9-14(10,19)11-4-3-5-11)13-16-7-6-12(15-2)17-13/h6-7,10-11,19H,3-5,8-9H2,1-2H3,(H,15,16,17). The number of nitrogens with one attached hydrogen (secondary N) is 1. The summed E-state index contributed by atoms with van der Waals surface area (Å²) in [6.45, 7) is 3.63. The summed E-state index contributed by atoms with van der Waals surface area (Å²) in [5, 5.41) is 14.0. The van der Waals surface area contributed by atoms with Crippen LogP contribution in [0.15, 0.2) is 12.3 Å². The summed E-state index contributed by atoms with van der Waals surface area (Å²) in [6.07, 6.45) is 5.34. The maximum absolute atomic E-state index is 10.9. The Morgan fingerprint density at radius 3 is 2.89 bits per heavy atom. The number of β-amino-alcohol motifs (C(OH)–C–C–N with tert-alkyl or cyclic N) is 1. The number of hydrogen-bond donors (Lipinski definition) is 2. The van der Waals surface area contributed by atoms with Gasteiger partial charge in [0, 0.05) is 25.7 Å². The van der Waals surface area contributed by atoms with Gasteiger partial charge in [0.15, 0.2) is 0 Å². The molecule has 0 bridgehead atoms. The molecule has 3 rings (SSSR count). The van der Waals surface area contributed by atoms with Gasteiger partial charge in [0.2, 0.25) is 5.95 Å². The van der Waals surface area contributed by atoms with E-state index in [0.29, 0.717) is 18.4 Å². The predicted octanol–water partition coefficient (Wildman–Crippen LogP) is 1.51. The number of aromatic nitrogens is 2. The van der Waals surface area contributed by atoms with Gasteiger partial charge in [-0.1, -0.05) is 13.3 Å². The fourth-order valence-corrected chi connectivity index (χ4v) is 3.25. The summed E-state index contributed by atoms with van der Waals surface area (Å²) >= 11 is 0. The van der Waals surface area contributed by atoms with Crippen molar-refractivity contribution in [2.45, 2.75) is 31.8 Å². The Balaban J connectivity index is 1.80. The normalized spacial score (nSPS) is 31.3. The molecule has 5 nitrogen and oxygen atoms in total. The summed E-state index contributed by atoms with van der Waals surface area (Å²) in [7, 11) is 1.85. The van der Waals surface area contributed by atoms with Crippen molar-refractivity contribution in [2.75, 3.05) is 30.4 Å². The van der Waals surface area contributed by atoms with Crippen LogP contribution in [-0.2, 0) is 0 Å². The van der Waals surface area contributed by atoms with E-state index in [2.05, 4.69) is 27.1 Å². The summed E-state index contributed by atoms with van der Waals surface area (Å²) < 4.78 is 0. The lowest BCUT2D eigenvalue weighted by molar-refractivity contribution is -0.0615. The largest absolute Gasteiger partial charge is 0.387 e. The van der Waals surface area contributed by atoms with Crippen molar-refractivity contribution in [3.8, 4) is 0 Å². The summed E-state index contributed by atoms with van der Waals surface area (Å²) in [6, 6.07) is 1.85. The molecule has 0 amide bonds. The van der Waals surface area contributed by atoms with Gasteiger partial charge in [-0.05, 0) is 24.8 Å². The number of anilines is 2. The fraction of sp³-hybridized carbons (Fsp3) is 0.714. The van der Waals surface area contributed by atoms with Crippen LogP contribution in [0.3, 0.4) is 0 Å². The molecule has 2 unspecified atom stereocenters. The van der Waals surface area contributed by atoms with Crippen LogP contribution in [0.2, 0.25) is 0 Å². The molecular weight excluding hydrogens is 240 g/mol. The van der Waals surface area contributed by atoms with E-state index < -0.39 is 5.60 Å². The molecule has 1 aromatic rings. The van der Waals surface area contributed by atoms with E-state index in [-0.39, 0.29) is 5.92 Å². The van der Waals surface area contributed by atoms with Crippen molar-refractivity contribution in [1.29, 1.82) is 0 Å². The summed E-state index contributed by atoms with van der Waals surface area (Å²) in [5.74, 6) is 2.27. The Kier molecular flexibility index (Phi) is 3.09. The second kappa shape index (κ2) is 4.63. The van der Waals surface area contributed by atoms with E-state index in [1.807, 2.05) is 13.1 Å². The van der Waals surface area contributed by atoms with E-state index in [9.17, 15) is 5.11 Å². The molecular formula is C14H22N4O. The van der Waals surface area contributed by atoms with Gasteiger partial charge in [0.25, 0.3) is 0 Å². The molecule has 0 aromatic carbocycles. The maximum Gasteiger partial charge on any atom is 0.227 e. The predicted molar refractivity (Wildman–Crippen MR) is 75.2 cm³/mol. The first-order valence-electron chi connectivity index (χ1n) is 7.11. The van der Waals surface area contributed by atoms with Crippen molar-refractivity contribution < 1.29 is 5.11 Å². The highest BCUT2D eigenvalue weighted by atomic mass is 16.3. The smallest absolute Gasteiger partial charge is 0.227 e. The average molecular weight is 262 g/mol. The third kappa shape index (κ3) is 2.06. The SMILES string of the molecule is CNc1ccnc(N2CC(C)C(O)(C3CCC3)C2)n1. The zero-order chi connectivity index (χ0) is 13.5. The Morgan fingerprint density at radius 1 is 1.47 bits per heavy atom. The maximum atomic E-state index is 10.9. The number of hydrogen-bond acceptors (Lipinski definition) is 5. The van der Waals surface area contributed by atoms with Crippen molar-refractivity contribution in [3.63, 3.8) is 0 Å². The molecule has 1 aromatic heterocycles. The van der Waals surface area contributed by atoms with Crippen molar-refractivity contribution >= 4 is 11.8 Å². The number of rotatable bonds is 3. The fourth-order valence-electron chi connectivity index (χ4n) is 3.25. The van der Waals surface area contributed by atoms with Gasteiger partial charge >= 0.3 is 0 Å². The van der Waals surface area contributed by atoms with Crippen LogP contribution in [0.4, 0.5) is 11.8 Å². The van der Waals surface area contributed by atoms with E-state index in [1.165, 1.54) is 6.42 Å². The third-order valence-electron chi connectivity index (χ3n) is 4.79. The highest BCUT2D eigenvalue weighted by molar-refractivity contribution is 5.42. The average Bonchev–Trinajstić information content (AvgIpc) is 2.64. The van der Waals surface area contributed by atoms with Crippen LogP contribution in [-0.4, -0.2) is 40.8 Å². The zero-order valence-electron chi connectivity index (χ0n) is 11.6. The minimum absolute atomic E-state index is 0.277. The monoisotopic (exact) mass is 262 g/mol. The molecule has 1 saturated carbocycles. The molecule has 1 saturated heterocycles. The number of aliphatic hydroxyl groups is 1. The Hall–Kier alpha value is -1.36. The van der Waals surface area contributed by atoms with Gasteiger partial charge in [-0.25, -0.2) is 4.98 Å². The zero-order valence-corrected chi connectivity index (χ0v) is 11.6. The Morgan fingerprint density at radius 2 is 2.26 bits per heavy atom. The molecule has 2 fully saturated rings. The second-order valence-electron chi connectivity index (χ2n) is 5.89. The molecule has 2 N–H and O–H groups in total. The van der Waals surface area contributed by atoms with E-state index in [0.717, 1.165) is 25.2 Å². The highest BCUT2D eigenvalue weighted by Crippen LogP contribution is 2.44. The molecule has 2 atom stereocenters. The van der Waals surface area contributed by atoms with Crippen LogP contribution in [0.5, 0.6) is 0 Å². The lowest BCUT2D eigenvalue weighted by Gasteiger charge is -2.41.